The molecule has 1 aliphatic heterocycles. The normalized spacial score (nSPS) is 16.8. The highest BCUT2D eigenvalue weighted by Gasteiger charge is 2.16. The van der Waals surface area contributed by atoms with Crippen LogP contribution in [-0.2, 0) is 0 Å². The number of aliphatic hydroxyl groups is 2. The van der Waals surface area contributed by atoms with Gasteiger partial charge in [-0.05, 0) is 31.6 Å². The summed E-state index contributed by atoms with van der Waals surface area (Å²) in [5, 5.41) is 31.0. The predicted octanol–water partition coefficient (Wildman–Crippen LogP) is 2.46. The van der Waals surface area contributed by atoms with E-state index in [9.17, 15) is 5.11 Å². The topological polar surface area (TPSA) is 134 Å². The van der Waals surface area contributed by atoms with E-state index in [2.05, 4.69) is 31.7 Å². The number of nitrogens with zero attached hydrogens (tertiary/aromatic N) is 4. The summed E-state index contributed by atoms with van der Waals surface area (Å²) in [6.45, 7) is 11.6. The molecule has 11 heteroatoms. The molecule has 180 valence electrons. The van der Waals surface area contributed by atoms with Crippen molar-refractivity contribution in [3.63, 3.8) is 0 Å². The maximum Gasteiger partial charge on any atom is 0.186 e. The Bertz CT molecular complexity index is 903. The van der Waals surface area contributed by atoms with Crippen LogP contribution in [-0.4, -0.2) is 82.4 Å². The third-order valence-electron chi connectivity index (χ3n) is 4.80. The highest BCUT2D eigenvalue weighted by atomic mass is 35.5. The maximum absolute atomic E-state index is 10.5. The Balaban J connectivity index is 1.99. The van der Waals surface area contributed by atoms with E-state index in [0.29, 0.717) is 28.0 Å². The van der Waals surface area contributed by atoms with E-state index in [1.807, 2.05) is 25.3 Å². The summed E-state index contributed by atoms with van der Waals surface area (Å²) in [5.41, 5.74) is 7.21. The van der Waals surface area contributed by atoms with E-state index in [1.165, 1.54) is 0 Å². The molecule has 6 N–H and O–H groups in total. The molecule has 9 nitrogen and oxygen atoms in total. The van der Waals surface area contributed by atoms with Gasteiger partial charge in [-0.15, -0.1) is 0 Å². The van der Waals surface area contributed by atoms with Gasteiger partial charge in [0.15, 0.2) is 17.2 Å². The molecule has 1 aromatic carbocycles. The third-order valence-corrected chi connectivity index (χ3v) is 5.89. The van der Waals surface area contributed by atoms with Crippen LogP contribution in [0.3, 0.4) is 0 Å². The lowest BCUT2D eigenvalue weighted by molar-refractivity contribution is 0.138. The summed E-state index contributed by atoms with van der Waals surface area (Å²) < 4.78 is 0. The van der Waals surface area contributed by atoms with Crippen molar-refractivity contribution in [2.75, 3.05) is 44.6 Å². The summed E-state index contributed by atoms with van der Waals surface area (Å²) in [6, 6.07) is 5.43. The second-order valence-electron chi connectivity index (χ2n) is 7.49. The van der Waals surface area contributed by atoms with Crippen molar-refractivity contribution in [3.05, 3.63) is 52.5 Å². The average molecular weight is 494 g/mol. The number of aliphatic imine (C=N–C) groups is 2. The molecule has 0 bridgehead atoms. The van der Waals surface area contributed by atoms with E-state index >= 15 is 0 Å². The number of nitrogens with two attached hydrogens (primary N) is 1. The Morgan fingerprint density at radius 3 is 2.67 bits per heavy atom. The van der Waals surface area contributed by atoms with Crippen LogP contribution in [0.25, 0.3) is 0 Å². The smallest absolute Gasteiger partial charge is 0.186 e. The number of benzene rings is 1. The summed E-state index contributed by atoms with van der Waals surface area (Å²) in [5.74, 6) is 0.598. The quantitative estimate of drug-likeness (QED) is 0.213. The molecule has 1 fully saturated rings. The van der Waals surface area contributed by atoms with Crippen molar-refractivity contribution >= 4 is 45.9 Å². The predicted molar refractivity (Wildman–Crippen MR) is 139 cm³/mol. The van der Waals surface area contributed by atoms with Crippen molar-refractivity contribution in [2.45, 2.75) is 20.1 Å². The fraction of sp³-hybridized carbons (Fsp3) is 0.409. The van der Waals surface area contributed by atoms with Gasteiger partial charge in [0.05, 0.1) is 23.2 Å². The van der Waals surface area contributed by atoms with Gasteiger partial charge in [0, 0.05) is 43.8 Å². The van der Waals surface area contributed by atoms with E-state index in [1.54, 1.807) is 19.1 Å². The summed E-state index contributed by atoms with van der Waals surface area (Å²) in [7, 11) is 0. The number of aliphatic hydroxyl groups excluding tert-OH is 2. The fourth-order valence-electron chi connectivity index (χ4n) is 3.07. The van der Waals surface area contributed by atoms with Gasteiger partial charge in [-0.3, -0.25) is 10.3 Å². The van der Waals surface area contributed by atoms with Gasteiger partial charge in [-0.25, -0.2) is 9.98 Å². The summed E-state index contributed by atoms with van der Waals surface area (Å²) >= 11 is 7.12. The minimum Gasteiger partial charge on any atom is -0.395 e. The monoisotopic (exact) mass is 493 g/mol. The van der Waals surface area contributed by atoms with Crippen LogP contribution in [0.2, 0.25) is 5.02 Å². The molecule has 2 rings (SSSR count). The molecule has 0 saturated carbocycles. The number of amidine groups is 3. The number of hydrogen-bond donors (Lipinski definition) is 5. The Labute approximate surface area is 204 Å². The fourth-order valence-corrected chi connectivity index (χ4v) is 3.90. The molecule has 1 saturated heterocycles. The van der Waals surface area contributed by atoms with Crippen molar-refractivity contribution in [2.24, 2.45) is 15.7 Å². The number of piperazine rings is 1. The zero-order chi connectivity index (χ0) is 24.4. The summed E-state index contributed by atoms with van der Waals surface area (Å²) in [4.78, 5) is 13.0. The van der Waals surface area contributed by atoms with E-state index < -0.39 is 6.23 Å². The first kappa shape index (κ1) is 26.9. The van der Waals surface area contributed by atoms with Gasteiger partial charge in [0.1, 0.15) is 0 Å². The average Bonchev–Trinajstić information content (AvgIpc) is 2.75. The third kappa shape index (κ3) is 9.18. The molecule has 1 atom stereocenters. The zero-order valence-electron chi connectivity index (χ0n) is 19.0. The van der Waals surface area contributed by atoms with Crippen LogP contribution in [0.1, 0.15) is 12.5 Å². The van der Waals surface area contributed by atoms with Crippen LogP contribution in [0, 0.1) is 12.3 Å². The van der Waals surface area contributed by atoms with Crippen LogP contribution >= 0.6 is 23.4 Å². The number of hydrogen-bond acceptors (Lipinski definition) is 7. The van der Waals surface area contributed by atoms with Gasteiger partial charge in [-0.1, -0.05) is 42.1 Å². The Kier molecular flexibility index (Phi) is 10.9. The number of thioether (sulfide) groups is 1. The van der Waals surface area contributed by atoms with Crippen molar-refractivity contribution < 1.29 is 10.2 Å². The minimum absolute atomic E-state index is 0.0888. The molecule has 1 heterocycles. The molecule has 1 aromatic rings. The first-order chi connectivity index (χ1) is 15.7. The minimum atomic E-state index is -1.13. The molecule has 1 aliphatic rings. The molecular formula is C22H32ClN7O2S. The second kappa shape index (κ2) is 13.4. The zero-order valence-corrected chi connectivity index (χ0v) is 20.5. The van der Waals surface area contributed by atoms with Crippen LogP contribution in [0.5, 0.6) is 0 Å². The number of para-hydroxylation sites is 1. The lowest BCUT2D eigenvalue weighted by Gasteiger charge is -2.33. The number of aryl methyl sites for hydroxylation is 1. The molecule has 1 unspecified atom stereocenters. The lowest BCUT2D eigenvalue weighted by atomic mass is 10.2. The van der Waals surface area contributed by atoms with Crippen LogP contribution < -0.4 is 11.1 Å². The number of halogens is 1. The molecule has 33 heavy (non-hydrogen) atoms. The van der Waals surface area contributed by atoms with Gasteiger partial charge in [0.25, 0.3) is 0 Å². The van der Waals surface area contributed by atoms with E-state index in [-0.39, 0.29) is 17.6 Å². The van der Waals surface area contributed by atoms with Crippen LogP contribution in [0.4, 0.5) is 5.69 Å². The largest absolute Gasteiger partial charge is 0.395 e. The summed E-state index contributed by atoms with van der Waals surface area (Å²) in [6.07, 6.45) is 2.46. The highest BCUT2D eigenvalue weighted by molar-refractivity contribution is 8.17. The Hall–Kier alpha value is -2.37. The van der Waals surface area contributed by atoms with E-state index in [4.69, 9.17) is 27.9 Å². The molecule has 0 spiro atoms. The molecule has 0 amide bonds. The molecular weight excluding hydrogens is 462 g/mol. The number of β-amino-alcohol motifs (C(OH)–C–C–N with tert-alkyl or cyclic N) is 1. The van der Waals surface area contributed by atoms with E-state index in [0.717, 1.165) is 43.5 Å². The Morgan fingerprint density at radius 2 is 2.06 bits per heavy atom. The SMILES string of the molecule is C=C(SC(=N)N=C(/C=C/N1CCN(CCO)CC1)N=C(C)N)C(O)Nc1c(C)cccc1Cl. The number of nitrogens with one attached hydrogen (secondary N) is 2. The molecule has 0 radical (unpaired) electrons. The Morgan fingerprint density at radius 1 is 1.36 bits per heavy atom. The first-order valence-corrected chi connectivity index (χ1v) is 11.7. The van der Waals surface area contributed by atoms with Crippen molar-refractivity contribution in [1.29, 1.82) is 5.41 Å². The van der Waals surface area contributed by atoms with Gasteiger partial charge < -0.3 is 26.2 Å². The van der Waals surface area contributed by atoms with Gasteiger partial charge in [0.2, 0.25) is 0 Å². The van der Waals surface area contributed by atoms with Crippen LogP contribution in [0.15, 0.2) is 51.9 Å². The standard InChI is InChI=1S/C22H32ClN7O2S/c1-15-5-4-6-18(23)20(15)28-21(32)16(2)33-22(25)27-19(26-17(3)24)7-8-29-9-11-30(12-10-29)13-14-31/h4-8,21,28,31-32H,2,9-14H2,1,3H3,(H3,24,25,26,27)/b8-7+. The van der Waals surface area contributed by atoms with Crippen molar-refractivity contribution in [1.82, 2.24) is 9.80 Å². The lowest BCUT2D eigenvalue weighted by Crippen LogP contribution is -2.45. The highest BCUT2D eigenvalue weighted by Crippen LogP contribution is 2.28. The number of anilines is 1. The van der Waals surface area contributed by atoms with Crippen molar-refractivity contribution in [3.8, 4) is 0 Å². The van der Waals surface area contributed by atoms with Gasteiger partial charge >= 0.3 is 0 Å². The maximum atomic E-state index is 10.5. The molecule has 0 aromatic heterocycles. The molecule has 0 aliphatic carbocycles. The second-order valence-corrected chi connectivity index (χ2v) is 9.01. The first-order valence-electron chi connectivity index (χ1n) is 10.5. The van der Waals surface area contributed by atoms with Gasteiger partial charge in [-0.2, -0.15) is 0 Å². The number of rotatable bonds is 8.